The van der Waals surface area contributed by atoms with Gasteiger partial charge in [0.1, 0.15) is 0 Å². The van der Waals surface area contributed by atoms with Crippen LogP contribution in [0.4, 0.5) is 0 Å². The molecule has 0 aliphatic heterocycles. The quantitative estimate of drug-likeness (QED) is 0.297. The predicted octanol–water partition coefficient (Wildman–Crippen LogP) is 2.99. The predicted molar refractivity (Wildman–Crippen MR) is 77.3 cm³/mol. The highest BCUT2D eigenvalue weighted by Gasteiger charge is 2.31. The van der Waals surface area contributed by atoms with Gasteiger partial charge in [0.25, 0.3) is 0 Å². The zero-order valence-electron chi connectivity index (χ0n) is 13.0. The third kappa shape index (κ3) is 6.04. The fourth-order valence-corrected chi connectivity index (χ4v) is 2.95. The minimum absolute atomic E-state index is 0.202. The van der Waals surface area contributed by atoms with Gasteiger partial charge in [-0.1, -0.05) is 27.2 Å². The topological polar surface area (TPSA) is 52.6 Å². The summed E-state index contributed by atoms with van der Waals surface area (Å²) < 4.78 is 10.7. The maximum Gasteiger partial charge on any atom is 0.371 e. The molecule has 1 fully saturated rings. The molecule has 116 valence electrons. The maximum absolute atomic E-state index is 10.6. The first kappa shape index (κ1) is 17.2. The van der Waals surface area contributed by atoms with Crippen LogP contribution >= 0.6 is 0 Å². The zero-order chi connectivity index (χ0) is 15.0. The Balaban J connectivity index is 2.18. The fourth-order valence-electron chi connectivity index (χ4n) is 2.95. The van der Waals surface area contributed by atoms with E-state index in [2.05, 4.69) is 20.8 Å². The molecule has 0 bridgehead atoms. The fraction of sp³-hybridized carbons (Fsp3) is 0.875. The van der Waals surface area contributed by atoms with Crippen LogP contribution < -0.4 is 0 Å². The van der Waals surface area contributed by atoms with Crippen molar-refractivity contribution in [2.45, 2.75) is 59.0 Å². The first-order chi connectivity index (χ1) is 9.54. The van der Waals surface area contributed by atoms with E-state index in [1.165, 1.54) is 12.8 Å². The van der Waals surface area contributed by atoms with Crippen LogP contribution in [0.3, 0.4) is 0 Å². The molecule has 1 rings (SSSR count). The molecule has 0 radical (unpaired) electrons. The van der Waals surface area contributed by atoms with Crippen LogP contribution in [0, 0.1) is 17.8 Å². The van der Waals surface area contributed by atoms with E-state index in [-0.39, 0.29) is 6.29 Å². The summed E-state index contributed by atoms with van der Waals surface area (Å²) in [6, 6.07) is 0. The molecule has 0 spiro atoms. The summed E-state index contributed by atoms with van der Waals surface area (Å²) in [5, 5.41) is 0. The highest BCUT2D eigenvalue weighted by Crippen LogP contribution is 2.35. The largest absolute Gasteiger partial charge is 0.460 e. The van der Waals surface area contributed by atoms with Gasteiger partial charge in [-0.3, -0.25) is 4.79 Å². The smallest absolute Gasteiger partial charge is 0.371 e. The molecule has 20 heavy (non-hydrogen) atoms. The van der Waals surface area contributed by atoms with Crippen LogP contribution in [-0.4, -0.2) is 31.6 Å². The summed E-state index contributed by atoms with van der Waals surface area (Å²) in [7, 11) is 0. The van der Waals surface area contributed by atoms with Gasteiger partial charge in [-0.2, -0.15) is 0 Å². The normalized spacial score (nSPS) is 26.5. The molecule has 3 atom stereocenters. The molecular weight excluding hydrogens is 256 g/mol. The van der Waals surface area contributed by atoms with E-state index in [9.17, 15) is 9.59 Å². The van der Waals surface area contributed by atoms with Crippen LogP contribution in [0.15, 0.2) is 0 Å². The van der Waals surface area contributed by atoms with Gasteiger partial charge in [0, 0.05) is 6.61 Å². The minimum atomic E-state index is -0.785. The molecule has 0 aromatic heterocycles. The minimum Gasteiger partial charge on any atom is -0.460 e. The Morgan fingerprint density at radius 3 is 2.60 bits per heavy atom. The molecule has 0 aromatic carbocycles. The Hall–Kier alpha value is -0.900. The van der Waals surface area contributed by atoms with Crippen LogP contribution in [0.1, 0.15) is 52.9 Å². The van der Waals surface area contributed by atoms with Gasteiger partial charge in [-0.15, -0.1) is 0 Å². The van der Waals surface area contributed by atoms with Crippen LogP contribution in [0.25, 0.3) is 0 Å². The van der Waals surface area contributed by atoms with Crippen LogP contribution in [0.2, 0.25) is 0 Å². The summed E-state index contributed by atoms with van der Waals surface area (Å²) in [4.78, 5) is 20.7. The number of rotatable bonds is 8. The molecule has 0 saturated heterocycles. The highest BCUT2D eigenvalue weighted by molar-refractivity contribution is 6.20. The number of unbranched alkanes of at least 4 members (excludes halogenated alkanes) is 1. The Bertz CT molecular complexity index is 301. The van der Waals surface area contributed by atoms with E-state index < -0.39 is 5.97 Å². The summed E-state index contributed by atoms with van der Waals surface area (Å²) in [5.41, 5.74) is 0. The van der Waals surface area contributed by atoms with Crippen molar-refractivity contribution in [3.05, 3.63) is 0 Å². The van der Waals surface area contributed by atoms with Gasteiger partial charge in [-0.05, 0) is 43.4 Å². The lowest BCUT2D eigenvalue weighted by molar-refractivity contribution is -0.148. The summed E-state index contributed by atoms with van der Waals surface area (Å²) in [5.74, 6) is 1.30. The van der Waals surface area contributed by atoms with Crippen molar-refractivity contribution in [2.24, 2.45) is 17.8 Å². The van der Waals surface area contributed by atoms with Crippen molar-refractivity contribution < 1.29 is 19.1 Å². The molecule has 0 amide bonds. The molecule has 1 aliphatic carbocycles. The summed E-state index contributed by atoms with van der Waals surface area (Å²) in [6.45, 7) is 7.85. The summed E-state index contributed by atoms with van der Waals surface area (Å²) in [6.07, 6.45) is 5.91. The Morgan fingerprint density at radius 1 is 1.25 bits per heavy atom. The standard InChI is InChI=1S/C16H28O4/c1-12(2)14-7-6-13(3)10-15(14)19-8-4-5-9-20-16(18)11-17/h11-15H,4-10H2,1-3H3. The lowest BCUT2D eigenvalue weighted by atomic mass is 9.75. The van der Waals surface area contributed by atoms with Crippen molar-refractivity contribution in [1.29, 1.82) is 0 Å². The second-order valence-electron chi connectivity index (χ2n) is 6.23. The molecule has 4 heteroatoms. The van der Waals surface area contributed by atoms with Crippen LogP contribution in [-0.2, 0) is 19.1 Å². The average molecular weight is 284 g/mol. The van der Waals surface area contributed by atoms with Crippen molar-refractivity contribution in [2.75, 3.05) is 13.2 Å². The monoisotopic (exact) mass is 284 g/mol. The van der Waals surface area contributed by atoms with Gasteiger partial charge in [-0.25, -0.2) is 4.79 Å². The Labute approximate surface area is 122 Å². The van der Waals surface area contributed by atoms with Crippen molar-refractivity contribution in [3.8, 4) is 0 Å². The molecule has 3 unspecified atom stereocenters. The molecule has 1 saturated carbocycles. The number of hydrogen-bond donors (Lipinski definition) is 0. The number of hydrogen-bond acceptors (Lipinski definition) is 4. The molecule has 0 aromatic rings. The SMILES string of the molecule is CC1CCC(C(C)C)C(OCCCCOC(=O)C=O)C1. The summed E-state index contributed by atoms with van der Waals surface area (Å²) >= 11 is 0. The highest BCUT2D eigenvalue weighted by atomic mass is 16.5. The average Bonchev–Trinajstić information content (AvgIpc) is 2.42. The van der Waals surface area contributed by atoms with E-state index in [1.54, 1.807) is 0 Å². The second kappa shape index (κ2) is 9.11. The van der Waals surface area contributed by atoms with E-state index in [4.69, 9.17) is 9.47 Å². The third-order valence-electron chi connectivity index (χ3n) is 4.17. The van der Waals surface area contributed by atoms with Gasteiger partial charge >= 0.3 is 5.97 Å². The molecule has 1 aliphatic rings. The van der Waals surface area contributed by atoms with Crippen molar-refractivity contribution in [1.82, 2.24) is 0 Å². The first-order valence-electron chi connectivity index (χ1n) is 7.78. The zero-order valence-corrected chi connectivity index (χ0v) is 13.0. The lowest BCUT2D eigenvalue weighted by Gasteiger charge is -2.37. The number of ether oxygens (including phenoxy) is 2. The van der Waals surface area contributed by atoms with Crippen LogP contribution in [0.5, 0.6) is 0 Å². The van der Waals surface area contributed by atoms with E-state index in [0.717, 1.165) is 25.2 Å². The molecule has 0 heterocycles. The van der Waals surface area contributed by atoms with Gasteiger partial charge < -0.3 is 9.47 Å². The molecule has 4 nitrogen and oxygen atoms in total. The number of carbonyl (C=O) groups excluding carboxylic acids is 2. The van der Waals surface area contributed by atoms with Crippen molar-refractivity contribution in [3.63, 3.8) is 0 Å². The molecule has 0 N–H and O–H groups in total. The maximum atomic E-state index is 10.6. The first-order valence-corrected chi connectivity index (χ1v) is 7.78. The van der Waals surface area contributed by atoms with E-state index in [0.29, 0.717) is 31.2 Å². The van der Waals surface area contributed by atoms with E-state index in [1.807, 2.05) is 0 Å². The van der Waals surface area contributed by atoms with Crippen molar-refractivity contribution >= 4 is 12.3 Å². The second-order valence-corrected chi connectivity index (χ2v) is 6.23. The number of aldehydes is 1. The van der Waals surface area contributed by atoms with Gasteiger partial charge in [0.15, 0.2) is 0 Å². The third-order valence-corrected chi connectivity index (χ3v) is 4.17. The van der Waals surface area contributed by atoms with E-state index >= 15 is 0 Å². The number of esters is 1. The van der Waals surface area contributed by atoms with Gasteiger partial charge in [0.05, 0.1) is 12.7 Å². The number of carbonyl (C=O) groups is 2. The Morgan fingerprint density at radius 2 is 1.95 bits per heavy atom. The lowest BCUT2D eigenvalue weighted by Crippen LogP contribution is -2.34. The Kier molecular flexibility index (Phi) is 7.82. The molecular formula is C16H28O4. The van der Waals surface area contributed by atoms with Gasteiger partial charge in [0.2, 0.25) is 6.29 Å².